The second-order valence-corrected chi connectivity index (χ2v) is 4.68. The van der Waals surface area contributed by atoms with Crippen molar-refractivity contribution in [2.45, 2.75) is 38.8 Å². The van der Waals surface area contributed by atoms with Crippen molar-refractivity contribution >= 4 is 17.5 Å². The predicted molar refractivity (Wildman–Crippen MR) is 64.1 cm³/mol. The lowest BCUT2D eigenvalue weighted by Gasteiger charge is -2.16. The average Bonchev–Trinajstić information content (AvgIpc) is 2.99. The summed E-state index contributed by atoms with van der Waals surface area (Å²) in [7, 11) is 0. The number of nitrogens with one attached hydrogen (secondary N) is 1. The van der Waals surface area contributed by atoms with Gasteiger partial charge in [-0.05, 0) is 26.7 Å². The number of halogens is 1. The first kappa shape index (κ1) is 12.1. The minimum Gasteiger partial charge on any atom is -0.352 e. The average molecular weight is 256 g/mol. The van der Waals surface area contributed by atoms with Crippen molar-refractivity contribution < 1.29 is 4.79 Å². The normalized spacial score (nSPS) is 16.6. The van der Waals surface area contributed by atoms with E-state index in [1.165, 1.54) is 10.6 Å². The van der Waals surface area contributed by atoms with Crippen LogP contribution in [0.25, 0.3) is 0 Å². The molecule has 5 nitrogen and oxygen atoms in total. The van der Waals surface area contributed by atoms with Gasteiger partial charge in [0.1, 0.15) is 17.0 Å². The summed E-state index contributed by atoms with van der Waals surface area (Å²) in [4.78, 5) is 27.6. The van der Waals surface area contributed by atoms with E-state index in [2.05, 4.69) is 10.3 Å². The molecule has 1 heterocycles. The monoisotopic (exact) mass is 255 g/mol. The van der Waals surface area contributed by atoms with Crippen LogP contribution in [0.15, 0.2) is 10.9 Å². The second kappa shape index (κ2) is 4.49. The maximum Gasteiger partial charge on any atom is 0.255 e. The van der Waals surface area contributed by atoms with Gasteiger partial charge in [-0.3, -0.25) is 14.2 Å². The van der Waals surface area contributed by atoms with E-state index in [4.69, 9.17) is 11.6 Å². The van der Waals surface area contributed by atoms with Crippen molar-refractivity contribution in [2.75, 3.05) is 0 Å². The SMILES string of the molecule is Cc1nc(Cl)cc(=O)n1C(C)C(=O)NC1CC1. The Bertz CT molecular complexity index is 508. The summed E-state index contributed by atoms with van der Waals surface area (Å²) in [6.07, 6.45) is 2.04. The Morgan fingerprint density at radius 2 is 2.29 bits per heavy atom. The summed E-state index contributed by atoms with van der Waals surface area (Å²) in [5, 5.41) is 3.01. The Balaban J connectivity index is 2.26. The van der Waals surface area contributed by atoms with Crippen LogP contribution in [0, 0.1) is 6.92 Å². The molecule has 1 unspecified atom stereocenters. The Morgan fingerprint density at radius 3 is 2.82 bits per heavy atom. The molecule has 1 aliphatic carbocycles. The second-order valence-electron chi connectivity index (χ2n) is 4.29. The maximum atomic E-state index is 11.9. The van der Waals surface area contributed by atoms with Gasteiger partial charge in [0, 0.05) is 12.1 Å². The zero-order valence-corrected chi connectivity index (χ0v) is 10.5. The maximum absolute atomic E-state index is 11.9. The summed E-state index contributed by atoms with van der Waals surface area (Å²) < 4.78 is 1.35. The molecule has 92 valence electrons. The molecule has 1 aromatic heterocycles. The van der Waals surface area contributed by atoms with Gasteiger partial charge in [0.25, 0.3) is 5.56 Å². The summed E-state index contributed by atoms with van der Waals surface area (Å²) in [5.41, 5.74) is -0.305. The molecule has 0 spiro atoms. The summed E-state index contributed by atoms with van der Waals surface area (Å²) in [5.74, 6) is 0.294. The highest BCUT2D eigenvalue weighted by atomic mass is 35.5. The fourth-order valence-electron chi connectivity index (χ4n) is 1.71. The van der Waals surface area contributed by atoms with Crippen molar-refractivity contribution in [3.63, 3.8) is 0 Å². The molecule has 0 aromatic carbocycles. The first-order valence-corrected chi connectivity index (χ1v) is 5.93. The zero-order chi connectivity index (χ0) is 12.6. The summed E-state index contributed by atoms with van der Waals surface area (Å²) in [6, 6.07) is 0.934. The molecule has 0 bridgehead atoms. The summed E-state index contributed by atoms with van der Waals surface area (Å²) >= 11 is 5.68. The fourth-order valence-corrected chi connectivity index (χ4v) is 1.93. The van der Waals surface area contributed by atoms with Crippen molar-refractivity contribution in [2.24, 2.45) is 0 Å². The minimum atomic E-state index is -0.562. The van der Waals surface area contributed by atoms with Gasteiger partial charge < -0.3 is 5.32 Å². The smallest absolute Gasteiger partial charge is 0.255 e. The van der Waals surface area contributed by atoms with Crippen LogP contribution in [0.1, 0.15) is 31.6 Å². The number of carbonyl (C=O) groups excluding carboxylic acids is 1. The molecular weight excluding hydrogens is 242 g/mol. The molecule has 1 aromatic rings. The third-order valence-electron chi connectivity index (χ3n) is 2.79. The minimum absolute atomic E-state index is 0.151. The van der Waals surface area contributed by atoms with Crippen molar-refractivity contribution in [3.05, 3.63) is 27.4 Å². The van der Waals surface area contributed by atoms with Gasteiger partial charge in [0.05, 0.1) is 0 Å². The Labute approximate surface area is 104 Å². The molecule has 17 heavy (non-hydrogen) atoms. The third-order valence-corrected chi connectivity index (χ3v) is 2.98. The number of hydrogen-bond donors (Lipinski definition) is 1. The standard InChI is InChI=1S/C11H14ClN3O2/c1-6(11(17)14-8-3-4-8)15-7(2)13-9(12)5-10(15)16/h5-6,8H,3-4H2,1-2H3,(H,14,17). The van der Waals surface area contributed by atoms with Crippen LogP contribution in [0.2, 0.25) is 5.15 Å². The number of aromatic nitrogens is 2. The highest BCUT2D eigenvalue weighted by Crippen LogP contribution is 2.20. The van der Waals surface area contributed by atoms with E-state index < -0.39 is 6.04 Å². The summed E-state index contributed by atoms with van der Waals surface area (Å²) in [6.45, 7) is 3.34. The van der Waals surface area contributed by atoms with Crippen LogP contribution in [0.3, 0.4) is 0 Å². The molecule has 1 aliphatic rings. The largest absolute Gasteiger partial charge is 0.352 e. The third kappa shape index (κ3) is 2.66. The molecule has 1 atom stereocenters. The zero-order valence-electron chi connectivity index (χ0n) is 9.74. The van der Waals surface area contributed by atoms with Gasteiger partial charge in [0.15, 0.2) is 0 Å². The number of nitrogens with zero attached hydrogens (tertiary/aromatic N) is 2. The van der Waals surface area contributed by atoms with Gasteiger partial charge in [-0.2, -0.15) is 0 Å². The Hall–Kier alpha value is -1.36. The van der Waals surface area contributed by atoms with Gasteiger partial charge in [-0.25, -0.2) is 4.98 Å². The molecule has 6 heteroatoms. The Kier molecular flexibility index (Phi) is 3.19. The van der Waals surface area contributed by atoms with E-state index in [1.807, 2.05) is 0 Å². The number of amides is 1. The van der Waals surface area contributed by atoms with Crippen LogP contribution in [0.5, 0.6) is 0 Å². The lowest BCUT2D eigenvalue weighted by Crippen LogP contribution is -2.37. The number of hydrogen-bond acceptors (Lipinski definition) is 3. The van der Waals surface area contributed by atoms with Gasteiger partial charge >= 0.3 is 0 Å². The molecule has 1 fully saturated rings. The topological polar surface area (TPSA) is 64.0 Å². The van der Waals surface area contributed by atoms with Gasteiger partial charge in [-0.1, -0.05) is 11.6 Å². The molecule has 2 rings (SSSR count). The first-order valence-electron chi connectivity index (χ1n) is 5.55. The quantitative estimate of drug-likeness (QED) is 0.821. The molecule has 1 saturated carbocycles. The van der Waals surface area contributed by atoms with Crippen molar-refractivity contribution in [3.8, 4) is 0 Å². The van der Waals surface area contributed by atoms with Crippen molar-refractivity contribution in [1.82, 2.24) is 14.9 Å². The molecule has 0 aliphatic heterocycles. The lowest BCUT2D eigenvalue weighted by atomic mass is 10.3. The highest BCUT2D eigenvalue weighted by Gasteiger charge is 2.27. The van der Waals surface area contributed by atoms with E-state index in [0.717, 1.165) is 12.8 Å². The van der Waals surface area contributed by atoms with E-state index >= 15 is 0 Å². The molecule has 0 radical (unpaired) electrons. The van der Waals surface area contributed by atoms with Crippen LogP contribution in [-0.2, 0) is 4.79 Å². The highest BCUT2D eigenvalue weighted by molar-refractivity contribution is 6.29. The Morgan fingerprint density at radius 1 is 1.65 bits per heavy atom. The fraction of sp³-hybridized carbons (Fsp3) is 0.545. The molecule has 1 N–H and O–H groups in total. The lowest BCUT2D eigenvalue weighted by molar-refractivity contribution is -0.124. The van der Waals surface area contributed by atoms with E-state index in [9.17, 15) is 9.59 Å². The van der Waals surface area contributed by atoms with Gasteiger partial charge in [0.2, 0.25) is 5.91 Å². The number of aryl methyl sites for hydroxylation is 1. The molecule has 1 amide bonds. The van der Waals surface area contributed by atoms with Gasteiger partial charge in [-0.15, -0.1) is 0 Å². The van der Waals surface area contributed by atoms with Crippen molar-refractivity contribution in [1.29, 1.82) is 0 Å². The predicted octanol–water partition coefficient (Wildman–Crippen LogP) is 1.04. The number of rotatable bonds is 3. The van der Waals surface area contributed by atoms with E-state index in [1.54, 1.807) is 13.8 Å². The molecular formula is C11H14ClN3O2. The van der Waals surface area contributed by atoms with Crippen LogP contribution in [0.4, 0.5) is 0 Å². The van der Waals surface area contributed by atoms with E-state index in [-0.39, 0.29) is 22.7 Å². The first-order chi connectivity index (χ1) is 7.99. The van der Waals surface area contributed by atoms with Crippen LogP contribution < -0.4 is 10.9 Å². The molecule has 0 saturated heterocycles. The van der Waals surface area contributed by atoms with Crippen LogP contribution in [-0.4, -0.2) is 21.5 Å². The van der Waals surface area contributed by atoms with Crippen LogP contribution >= 0.6 is 11.6 Å². The number of carbonyl (C=O) groups is 1. The van der Waals surface area contributed by atoms with E-state index in [0.29, 0.717) is 5.82 Å².